The molecule has 0 N–H and O–H groups in total. The second-order valence-electron chi connectivity index (χ2n) is 4.68. The third-order valence-electron chi connectivity index (χ3n) is 2.98. The maximum absolute atomic E-state index is 11.7. The first-order valence-corrected chi connectivity index (χ1v) is 6.32. The second kappa shape index (κ2) is 5.74. The van der Waals surface area contributed by atoms with Crippen molar-refractivity contribution in [2.45, 2.75) is 20.8 Å². The fraction of sp³-hybridized carbons (Fsp3) is 0.250. The van der Waals surface area contributed by atoms with Crippen LogP contribution in [0.5, 0.6) is 11.6 Å². The van der Waals surface area contributed by atoms with E-state index in [-0.39, 0.29) is 5.88 Å². The van der Waals surface area contributed by atoms with E-state index in [0.29, 0.717) is 5.56 Å². The highest BCUT2D eigenvalue weighted by Gasteiger charge is 2.16. The van der Waals surface area contributed by atoms with Gasteiger partial charge in [-0.05, 0) is 44.0 Å². The van der Waals surface area contributed by atoms with E-state index in [0.717, 1.165) is 16.9 Å². The van der Waals surface area contributed by atoms with Crippen LogP contribution >= 0.6 is 0 Å². The van der Waals surface area contributed by atoms with Crippen LogP contribution in [0.15, 0.2) is 30.5 Å². The molecule has 2 aromatic rings. The van der Waals surface area contributed by atoms with E-state index >= 15 is 0 Å². The van der Waals surface area contributed by atoms with Crippen LogP contribution in [0.25, 0.3) is 0 Å². The normalized spacial score (nSPS) is 10.2. The van der Waals surface area contributed by atoms with Crippen LogP contribution in [-0.2, 0) is 4.74 Å². The highest BCUT2D eigenvalue weighted by Crippen LogP contribution is 2.30. The molecule has 0 saturated heterocycles. The summed E-state index contributed by atoms with van der Waals surface area (Å²) in [4.78, 5) is 15.8. The van der Waals surface area contributed by atoms with E-state index in [9.17, 15) is 4.79 Å². The summed E-state index contributed by atoms with van der Waals surface area (Å²) in [5, 5.41) is 0. The lowest BCUT2D eigenvalue weighted by atomic mass is 10.1. The zero-order chi connectivity index (χ0) is 14.7. The summed E-state index contributed by atoms with van der Waals surface area (Å²) in [5.41, 5.74) is 3.49. The molecule has 0 spiro atoms. The quantitative estimate of drug-likeness (QED) is 0.800. The number of hydrogen-bond acceptors (Lipinski definition) is 4. The first-order chi connectivity index (χ1) is 9.52. The Bertz CT molecular complexity index is 627. The second-order valence-corrected chi connectivity index (χ2v) is 4.68. The highest BCUT2D eigenvalue weighted by atomic mass is 16.5. The Balaban J connectivity index is 2.43. The minimum Gasteiger partial charge on any atom is -0.465 e. The van der Waals surface area contributed by atoms with Crippen LogP contribution < -0.4 is 4.74 Å². The lowest BCUT2D eigenvalue weighted by molar-refractivity contribution is 0.0597. The van der Waals surface area contributed by atoms with Gasteiger partial charge in [0, 0.05) is 6.20 Å². The third kappa shape index (κ3) is 2.79. The summed E-state index contributed by atoms with van der Waals surface area (Å²) in [6.07, 6.45) is 1.58. The molecule has 0 saturated carbocycles. The van der Waals surface area contributed by atoms with Crippen molar-refractivity contribution < 1.29 is 14.3 Å². The minimum absolute atomic E-state index is 0.259. The number of ether oxygens (including phenoxy) is 2. The molecule has 1 heterocycles. The summed E-state index contributed by atoms with van der Waals surface area (Å²) >= 11 is 0. The van der Waals surface area contributed by atoms with Crippen molar-refractivity contribution in [1.82, 2.24) is 4.98 Å². The fourth-order valence-electron chi connectivity index (χ4n) is 2.16. The lowest BCUT2D eigenvalue weighted by Gasteiger charge is -2.13. The topological polar surface area (TPSA) is 48.4 Å². The van der Waals surface area contributed by atoms with Gasteiger partial charge < -0.3 is 9.47 Å². The summed E-state index contributed by atoms with van der Waals surface area (Å²) in [6.45, 7) is 5.97. The summed E-state index contributed by atoms with van der Waals surface area (Å²) in [7, 11) is 1.33. The van der Waals surface area contributed by atoms with E-state index in [4.69, 9.17) is 9.47 Å². The van der Waals surface area contributed by atoms with E-state index in [1.165, 1.54) is 12.7 Å². The number of hydrogen-bond donors (Lipinski definition) is 0. The van der Waals surface area contributed by atoms with Crippen LogP contribution in [0.4, 0.5) is 0 Å². The maximum atomic E-state index is 11.7. The molecule has 0 aliphatic rings. The first kappa shape index (κ1) is 14.1. The van der Waals surface area contributed by atoms with E-state index in [2.05, 4.69) is 4.98 Å². The number of carbonyl (C=O) groups excluding carboxylic acids is 1. The van der Waals surface area contributed by atoms with Crippen molar-refractivity contribution in [2.24, 2.45) is 0 Å². The van der Waals surface area contributed by atoms with Gasteiger partial charge in [-0.1, -0.05) is 17.7 Å². The molecule has 2 rings (SSSR count). The van der Waals surface area contributed by atoms with Crippen LogP contribution in [0.1, 0.15) is 27.0 Å². The van der Waals surface area contributed by atoms with Gasteiger partial charge in [-0.3, -0.25) is 0 Å². The molecule has 0 radical (unpaired) electrons. The Morgan fingerprint density at radius 1 is 1.15 bits per heavy atom. The Labute approximate surface area is 118 Å². The van der Waals surface area contributed by atoms with Gasteiger partial charge >= 0.3 is 5.97 Å². The number of esters is 1. The molecular weight excluding hydrogens is 254 g/mol. The zero-order valence-electron chi connectivity index (χ0n) is 12.1. The van der Waals surface area contributed by atoms with Crippen molar-refractivity contribution in [3.8, 4) is 11.6 Å². The number of carbonyl (C=O) groups is 1. The molecule has 4 nitrogen and oxygen atoms in total. The molecule has 0 aliphatic carbocycles. The van der Waals surface area contributed by atoms with Crippen LogP contribution in [0, 0.1) is 20.8 Å². The summed E-state index contributed by atoms with van der Waals surface area (Å²) in [6, 6.07) is 7.37. The number of aryl methyl sites for hydroxylation is 3. The van der Waals surface area contributed by atoms with E-state index in [1.54, 1.807) is 18.3 Å². The van der Waals surface area contributed by atoms with Gasteiger partial charge in [0.05, 0.1) is 7.11 Å². The number of nitrogens with zero attached hydrogens (tertiary/aromatic N) is 1. The average Bonchev–Trinajstić information content (AvgIpc) is 2.42. The van der Waals surface area contributed by atoms with Crippen molar-refractivity contribution in [3.63, 3.8) is 0 Å². The number of pyridine rings is 1. The van der Waals surface area contributed by atoms with Crippen LogP contribution in [-0.4, -0.2) is 18.1 Å². The van der Waals surface area contributed by atoms with Crippen LogP contribution in [0.3, 0.4) is 0 Å². The molecule has 0 amide bonds. The minimum atomic E-state index is -0.462. The zero-order valence-corrected chi connectivity index (χ0v) is 12.1. The monoisotopic (exact) mass is 271 g/mol. The van der Waals surface area contributed by atoms with Gasteiger partial charge in [-0.25, -0.2) is 9.78 Å². The molecule has 0 atom stereocenters. The molecule has 20 heavy (non-hydrogen) atoms. The predicted molar refractivity (Wildman–Crippen MR) is 76.3 cm³/mol. The van der Waals surface area contributed by atoms with E-state index < -0.39 is 5.97 Å². The molecule has 0 aliphatic heterocycles. The summed E-state index contributed by atoms with van der Waals surface area (Å²) < 4.78 is 10.6. The molecule has 4 heteroatoms. The first-order valence-electron chi connectivity index (χ1n) is 6.32. The van der Waals surface area contributed by atoms with Gasteiger partial charge in [0.25, 0.3) is 0 Å². The highest BCUT2D eigenvalue weighted by molar-refractivity contribution is 5.91. The molecule has 1 aromatic heterocycles. The Morgan fingerprint density at radius 2 is 1.80 bits per heavy atom. The van der Waals surface area contributed by atoms with Crippen molar-refractivity contribution in [3.05, 3.63) is 52.7 Å². The summed E-state index contributed by atoms with van der Waals surface area (Å²) in [5.74, 6) is 0.518. The van der Waals surface area contributed by atoms with Gasteiger partial charge in [-0.2, -0.15) is 0 Å². The van der Waals surface area contributed by atoms with Crippen molar-refractivity contribution in [2.75, 3.05) is 7.11 Å². The fourth-order valence-corrected chi connectivity index (χ4v) is 2.16. The number of methoxy groups -OCH3 is 1. The Morgan fingerprint density at radius 3 is 2.40 bits per heavy atom. The smallest absolute Gasteiger partial charge is 0.343 e. The lowest BCUT2D eigenvalue weighted by Crippen LogP contribution is -2.05. The molecule has 0 fully saturated rings. The third-order valence-corrected chi connectivity index (χ3v) is 2.98. The van der Waals surface area contributed by atoms with Crippen LogP contribution in [0.2, 0.25) is 0 Å². The molecule has 104 valence electrons. The van der Waals surface area contributed by atoms with Crippen molar-refractivity contribution >= 4 is 5.97 Å². The maximum Gasteiger partial charge on any atom is 0.343 e. The average molecular weight is 271 g/mol. The van der Waals surface area contributed by atoms with Gasteiger partial charge in [0.15, 0.2) is 0 Å². The van der Waals surface area contributed by atoms with Crippen molar-refractivity contribution in [1.29, 1.82) is 0 Å². The van der Waals surface area contributed by atoms with Gasteiger partial charge in [0.2, 0.25) is 5.88 Å². The number of benzene rings is 1. The molecular formula is C16H17NO3. The predicted octanol–water partition coefficient (Wildman–Crippen LogP) is 3.59. The molecule has 0 unspecified atom stereocenters. The standard InChI is InChI=1S/C16H17NO3/c1-10-8-11(2)14(12(3)9-10)20-15-13(16(18)19-4)6-5-7-17-15/h5-9H,1-4H3. The number of aromatic nitrogens is 1. The Hall–Kier alpha value is -2.36. The molecule has 1 aromatic carbocycles. The van der Waals surface area contributed by atoms with Gasteiger partial charge in [0.1, 0.15) is 11.3 Å². The van der Waals surface area contributed by atoms with Gasteiger partial charge in [-0.15, -0.1) is 0 Å². The Kier molecular flexibility index (Phi) is 4.03. The largest absolute Gasteiger partial charge is 0.465 e. The molecule has 0 bridgehead atoms. The SMILES string of the molecule is COC(=O)c1cccnc1Oc1c(C)cc(C)cc1C. The number of rotatable bonds is 3. The van der Waals surface area contributed by atoms with E-state index in [1.807, 2.05) is 32.9 Å².